The molecular formula is C12H16ClN3. The number of aromatic nitrogens is 2. The number of hydrogen-bond acceptors (Lipinski definition) is 3. The van der Waals surface area contributed by atoms with Crippen molar-refractivity contribution < 1.29 is 0 Å². The molecule has 0 unspecified atom stereocenters. The first-order valence-corrected chi connectivity index (χ1v) is 6.42. The summed E-state index contributed by atoms with van der Waals surface area (Å²) in [5, 5.41) is 8.23. The summed E-state index contributed by atoms with van der Waals surface area (Å²) in [6.07, 6.45) is 7.36. The average molecular weight is 238 g/mol. The van der Waals surface area contributed by atoms with E-state index in [9.17, 15) is 0 Å². The Morgan fingerprint density at radius 1 is 1.19 bits per heavy atom. The van der Waals surface area contributed by atoms with Crippen molar-refractivity contribution in [3.05, 3.63) is 17.4 Å². The van der Waals surface area contributed by atoms with Crippen LogP contribution in [0.1, 0.15) is 25.7 Å². The summed E-state index contributed by atoms with van der Waals surface area (Å²) in [6.45, 7) is 2.33. The highest BCUT2D eigenvalue weighted by Crippen LogP contribution is 2.35. The maximum absolute atomic E-state index is 5.89. The first-order valence-electron chi connectivity index (χ1n) is 6.04. The standard InChI is InChI=1S/C12H16ClN3/c13-12-5-11(6-14-15-12)16(7-9-1-2-9)8-10-3-4-10/h5-6,9-10H,1-4,7-8H2. The molecule has 16 heavy (non-hydrogen) atoms. The molecule has 0 aliphatic heterocycles. The first kappa shape index (κ1) is 10.3. The molecule has 3 rings (SSSR count). The van der Waals surface area contributed by atoms with E-state index in [0.29, 0.717) is 5.15 Å². The van der Waals surface area contributed by atoms with Gasteiger partial charge in [0.15, 0.2) is 5.15 Å². The van der Waals surface area contributed by atoms with Crippen LogP contribution >= 0.6 is 11.6 Å². The monoisotopic (exact) mass is 237 g/mol. The number of anilines is 1. The van der Waals surface area contributed by atoms with Crippen molar-refractivity contribution in [1.82, 2.24) is 10.2 Å². The number of rotatable bonds is 5. The minimum absolute atomic E-state index is 0.495. The Morgan fingerprint density at radius 2 is 1.81 bits per heavy atom. The van der Waals surface area contributed by atoms with E-state index in [1.807, 2.05) is 12.3 Å². The van der Waals surface area contributed by atoms with Crippen LogP contribution in [0.3, 0.4) is 0 Å². The van der Waals surface area contributed by atoms with Crippen LogP contribution in [0.25, 0.3) is 0 Å². The lowest BCUT2D eigenvalue weighted by atomic mass is 10.3. The van der Waals surface area contributed by atoms with Gasteiger partial charge in [-0.05, 0) is 37.5 Å². The third-order valence-corrected chi connectivity index (χ3v) is 3.51. The first-order chi connectivity index (χ1) is 7.81. The van der Waals surface area contributed by atoms with E-state index in [4.69, 9.17) is 11.6 Å². The van der Waals surface area contributed by atoms with Crippen LogP contribution in [-0.4, -0.2) is 23.3 Å². The van der Waals surface area contributed by atoms with Gasteiger partial charge in [-0.25, -0.2) is 0 Å². The van der Waals surface area contributed by atoms with Gasteiger partial charge in [-0.3, -0.25) is 0 Å². The third-order valence-electron chi connectivity index (χ3n) is 3.33. The number of hydrogen-bond donors (Lipinski definition) is 0. The topological polar surface area (TPSA) is 29.0 Å². The highest BCUT2D eigenvalue weighted by molar-refractivity contribution is 6.29. The minimum Gasteiger partial charge on any atom is -0.370 e. The van der Waals surface area contributed by atoms with Crippen molar-refractivity contribution in [3.8, 4) is 0 Å². The molecule has 2 saturated carbocycles. The van der Waals surface area contributed by atoms with E-state index in [1.54, 1.807) is 0 Å². The summed E-state index contributed by atoms with van der Waals surface area (Å²) in [4.78, 5) is 2.44. The average Bonchev–Trinajstić information content (AvgIpc) is 3.11. The van der Waals surface area contributed by atoms with Gasteiger partial charge in [0.2, 0.25) is 0 Å². The second-order valence-electron chi connectivity index (χ2n) is 5.03. The predicted molar refractivity (Wildman–Crippen MR) is 64.7 cm³/mol. The highest BCUT2D eigenvalue weighted by Gasteiger charge is 2.29. The molecule has 0 bridgehead atoms. The van der Waals surface area contributed by atoms with Crippen LogP contribution in [0.15, 0.2) is 12.3 Å². The summed E-state index contributed by atoms with van der Waals surface area (Å²) < 4.78 is 0. The van der Waals surface area contributed by atoms with Gasteiger partial charge in [0.05, 0.1) is 11.9 Å². The van der Waals surface area contributed by atoms with Crippen molar-refractivity contribution in [2.75, 3.05) is 18.0 Å². The second kappa shape index (κ2) is 4.21. The summed E-state index contributed by atoms with van der Waals surface area (Å²) in [5.41, 5.74) is 1.14. The third kappa shape index (κ3) is 2.64. The molecule has 0 amide bonds. The van der Waals surface area contributed by atoms with Crippen LogP contribution in [0, 0.1) is 11.8 Å². The second-order valence-corrected chi connectivity index (χ2v) is 5.42. The summed E-state index contributed by atoms with van der Waals surface area (Å²) >= 11 is 5.89. The lowest BCUT2D eigenvalue weighted by Gasteiger charge is -2.24. The zero-order chi connectivity index (χ0) is 11.0. The van der Waals surface area contributed by atoms with E-state index in [0.717, 1.165) is 17.5 Å². The van der Waals surface area contributed by atoms with Crippen LogP contribution in [0.2, 0.25) is 5.15 Å². The molecule has 2 fully saturated rings. The van der Waals surface area contributed by atoms with Gasteiger partial charge in [0.1, 0.15) is 0 Å². The molecule has 0 aromatic carbocycles. The molecule has 0 saturated heterocycles. The predicted octanol–water partition coefficient (Wildman–Crippen LogP) is 2.76. The Balaban J connectivity index is 1.73. The fourth-order valence-corrected chi connectivity index (χ4v) is 2.17. The van der Waals surface area contributed by atoms with Gasteiger partial charge in [0.25, 0.3) is 0 Å². The summed E-state index contributed by atoms with van der Waals surface area (Å²) in [5.74, 6) is 1.79. The van der Waals surface area contributed by atoms with Gasteiger partial charge in [-0.2, -0.15) is 5.10 Å². The number of halogens is 1. The van der Waals surface area contributed by atoms with E-state index >= 15 is 0 Å². The molecule has 1 heterocycles. The Labute approximate surface area is 101 Å². The van der Waals surface area contributed by atoms with Crippen molar-refractivity contribution in [3.63, 3.8) is 0 Å². The fourth-order valence-electron chi connectivity index (χ4n) is 2.01. The molecule has 3 nitrogen and oxygen atoms in total. The van der Waals surface area contributed by atoms with Crippen LogP contribution < -0.4 is 4.90 Å². The van der Waals surface area contributed by atoms with Crippen molar-refractivity contribution in [2.45, 2.75) is 25.7 Å². The van der Waals surface area contributed by atoms with E-state index < -0.39 is 0 Å². The van der Waals surface area contributed by atoms with Gasteiger partial charge >= 0.3 is 0 Å². The molecule has 1 aromatic heterocycles. The van der Waals surface area contributed by atoms with E-state index in [-0.39, 0.29) is 0 Å². The molecule has 0 radical (unpaired) electrons. The van der Waals surface area contributed by atoms with Crippen molar-refractivity contribution >= 4 is 17.3 Å². The van der Waals surface area contributed by atoms with E-state index in [2.05, 4.69) is 15.1 Å². The maximum Gasteiger partial charge on any atom is 0.153 e. The molecule has 2 aliphatic rings. The van der Waals surface area contributed by atoms with Gasteiger partial charge in [-0.1, -0.05) is 11.6 Å². The zero-order valence-electron chi connectivity index (χ0n) is 9.27. The minimum atomic E-state index is 0.495. The van der Waals surface area contributed by atoms with Crippen LogP contribution in [0.4, 0.5) is 5.69 Å². The molecular weight excluding hydrogens is 222 g/mol. The van der Waals surface area contributed by atoms with E-state index in [1.165, 1.54) is 38.8 Å². The van der Waals surface area contributed by atoms with Crippen LogP contribution in [0.5, 0.6) is 0 Å². The Bertz CT molecular complexity index is 360. The van der Waals surface area contributed by atoms with Crippen molar-refractivity contribution in [2.24, 2.45) is 11.8 Å². The summed E-state index contributed by atoms with van der Waals surface area (Å²) in [6, 6.07) is 1.93. The Kier molecular flexibility index (Phi) is 2.72. The Morgan fingerprint density at radius 3 is 2.31 bits per heavy atom. The molecule has 2 aliphatic carbocycles. The van der Waals surface area contributed by atoms with Crippen LogP contribution in [-0.2, 0) is 0 Å². The summed E-state index contributed by atoms with van der Waals surface area (Å²) in [7, 11) is 0. The maximum atomic E-state index is 5.89. The quantitative estimate of drug-likeness (QED) is 0.789. The largest absolute Gasteiger partial charge is 0.370 e. The molecule has 0 spiro atoms. The van der Waals surface area contributed by atoms with Gasteiger partial charge in [0, 0.05) is 19.2 Å². The lowest BCUT2D eigenvalue weighted by molar-refractivity contribution is 0.677. The molecule has 1 aromatic rings. The fraction of sp³-hybridized carbons (Fsp3) is 0.667. The lowest BCUT2D eigenvalue weighted by Crippen LogP contribution is -2.28. The van der Waals surface area contributed by atoms with Crippen molar-refractivity contribution in [1.29, 1.82) is 0 Å². The Hall–Kier alpha value is -0.830. The highest BCUT2D eigenvalue weighted by atomic mass is 35.5. The molecule has 0 atom stereocenters. The van der Waals surface area contributed by atoms with Gasteiger partial charge in [-0.15, -0.1) is 5.10 Å². The number of nitrogens with zero attached hydrogens (tertiary/aromatic N) is 3. The normalized spacial score (nSPS) is 19.8. The molecule has 86 valence electrons. The molecule has 0 N–H and O–H groups in total. The molecule has 4 heteroatoms. The zero-order valence-corrected chi connectivity index (χ0v) is 10.0. The smallest absolute Gasteiger partial charge is 0.153 e. The van der Waals surface area contributed by atoms with Gasteiger partial charge < -0.3 is 4.90 Å². The SMILES string of the molecule is Clc1cc(N(CC2CC2)CC2CC2)cnn1.